The third kappa shape index (κ3) is 5.98. The van der Waals surface area contributed by atoms with Gasteiger partial charge < -0.3 is 29.9 Å². The summed E-state index contributed by atoms with van der Waals surface area (Å²) in [6.07, 6.45) is -0.915. The highest BCUT2D eigenvalue weighted by molar-refractivity contribution is 5.89. The summed E-state index contributed by atoms with van der Waals surface area (Å²) in [5, 5.41) is 44.8. The molecule has 3 rings (SSSR count). The maximum absolute atomic E-state index is 13.0. The molecule has 0 spiro atoms. The number of carbonyl (C=O) groups excluding carboxylic acids is 2. The van der Waals surface area contributed by atoms with Gasteiger partial charge in [0.25, 0.3) is 0 Å². The van der Waals surface area contributed by atoms with Gasteiger partial charge in [-0.3, -0.25) is 4.79 Å². The van der Waals surface area contributed by atoms with Gasteiger partial charge in [0, 0.05) is 24.2 Å². The Labute approximate surface area is 218 Å². The average molecular weight is 517 g/mol. The van der Waals surface area contributed by atoms with E-state index in [0.29, 0.717) is 11.1 Å². The predicted octanol–water partition coefficient (Wildman–Crippen LogP) is 2.79. The zero-order chi connectivity index (χ0) is 27.7. The molecule has 1 saturated carbocycles. The minimum Gasteiger partial charge on any atom is -0.459 e. The fraction of sp³-hybridized carbons (Fsp3) is 0.586. The van der Waals surface area contributed by atoms with E-state index in [1.807, 2.05) is 6.92 Å². The van der Waals surface area contributed by atoms with E-state index in [1.54, 1.807) is 76.3 Å². The van der Waals surface area contributed by atoms with E-state index >= 15 is 0 Å². The van der Waals surface area contributed by atoms with Crippen LogP contribution in [0, 0.1) is 23.2 Å². The first-order chi connectivity index (χ1) is 17.2. The predicted molar refractivity (Wildman–Crippen MR) is 137 cm³/mol. The number of aliphatic hydroxyl groups is 4. The minimum atomic E-state index is -1.65. The first kappa shape index (κ1) is 29.0. The fourth-order valence-corrected chi connectivity index (χ4v) is 5.61. The summed E-state index contributed by atoms with van der Waals surface area (Å²) in [5.74, 6) is -2.82. The summed E-state index contributed by atoms with van der Waals surface area (Å²) >= 11 is 0. The van der Waals surface area contributed by atoms with Crippen LogP contribution >= 0.6 is 0 Å². The molecule has 8 nitrogen and oxygen atoms in total. The SMILES string of the molecule is CC(=O)O[C@H]1[C@@H](C)/C=C/C(C)(C)[C@H](O)[C@@H](O)[C@@H](O)/C(C)=C/[C@H]2[C@@H](OC(=O)c3ccccc3)[C@@H](C)C[C@@]21O. The van der Waals surface area contributed by atoms with Crippen molar-refractivity contribution in [3.05, 3.63) is 59.7 Å². The molecule has 9 atom stereocenters. The number of benzene rings is 1. The number of rotatable bonds is 3. The third-order valence-electron chi connectivity index (χ3n) is 7.80. The van der Waals surface area contributed by atoms with Crippen LogP contribution < -0.4 is 0 Å². The highest BCUT2D eigenvalue weighted by Gasteiger charge is 2.58. The molecule has 0 saturated heterocycles. The maximum Gasteiger partial charge on any atom is 0.338 e. The highest BCUT2D eigenvalue weighted by atomic mass is 16.6. The molecule has 4 N–H and O–H groups in total. The number of aliphatic hydroxyl groups excluding tert-OH is 3. The largest absolute Gasteiger partial charge is 0.459 e. The van der Waals surface area contributed by atoms with Crippen molar-refractivity contribution in [2.45, 2.75) is 84.1 Å². The topological polar surface area (TPSA) is 134 Å². The molecule has 8 heteroatoms. The molecule has 0 amide bonds. The first-order valence-electron chi connectivity index (χ1n) is 12.8. The van der Waals surface area contributed by atoms with Gasteiger partial charge in [0.1, 0.15) is 30.0 Å². The maximum atomic E-state index is 13.0. The van der Waals surface area contributed by atoms with Gasteiger partial charge >= 0.3 is 11.9 Å². The summed E-state index contributed by atoms with van der Waals surface area (Å²) in [5.41, 5.74) is -1.94. The van der Waals surface area contributed by atoms with Gasteiger partial charge in [0.05, 0.1) is 11.7 Å². The molecular formula is C29H40O8. The van der Waals surface area contributed by atoms with E-state index in [9.17, 15) is 30.0 Å². The third-order valence-corrected chi connectivity index (χ3v) is 7.80. The van der Waals surface area contributed by atoms with E-state index in [4.69, 9.17) is 9.47 Å². The Balaban J connectivity index is 2.14. The van der Waals surface area contributed by atoms with Gasteiger partial charge in [0.15, 0.2) is 0 Å². The van der Waals surface area contributed by atoms with Crippen LogP contribution in [-0.2, 0) is 14.3 Å². The van der Waals surface area contributed by atoms with Crippen molar-refractivity contribution in [2.24, 2.45) is 23.2 Å². The van der Waals surface area contributed by atoms with Crippen molar-refractivity contribution in [3.63, 3.8) is 0 Å². The number of ether oxygens (including phenoxy) is 2. The second kappa shape index (κ2) is 11.1. The van der Waals surface area contributed by atoms with Crippen molar-refractivity contribution < 1.29 is 39.5 Å². The van der Waals surface area contributed by atoms with Crippen molar-refractivity contribution in [3.8, 4) is 0 Å². The van der Waals surface area contributed by atoms with E-state index in [1.165, 1.54) is 6.92 Å². The lowest BCUT2D eigenvalue weighted by molar-refractivity contribution is -0.173. The Kier molecular flexibility index (Phi) is 8.69. The van der Waals surface area contributed by atoms with E-state index in [2.05, 4.69) is 0 Å². The van der Waals surface area contributed by atoms with Gasteiger partial charge in [-0.05, 0) is 37.0 Å². The average Bonchev–Trinajstić information content (AvgIpc) is 3.08. The molecule has 0 aromatic heterocycles. The fourth-order valence-electron chi connectivity index (χ4n) is 5.61. The standard InChI is InChI=1S/C29H40O8/c1-16-12-13-28(5,6)25(33)23(32)22(31)17(2)14-21-24(37-27(34)20-10-8-7-9-11-20)18(3)15-29(21,35)26(16)36-19(4)30/h7-14,16,18,21-26,31-33,35H,15H2,1-6H3/b13-12+,17-14+/t16-,18-,21-,22-,23-,24-,25+,26-,29+/m0/s1. The second-order valence-corrected chi connectivity index (χ2v) is 11.3. The van der Waals surface area contributed by atoms with Crippen LogP contribution in [0.25, 0.3) is 0 Å². The number of esters is 2. The van der Waals surface area contributed by atoms with Crippen molar-refractivity contribution in [1.82, 2.24) is 0 Å². The first-order valence-corrected chi connectivity index (χ1v) is 12.8. The highest BCUT2D eigenvalue weighted by Crippen LogP contribution is 2.48. The van der Waals surface area contributed by atoms with Crippen molar-refractivity contribution in [2.75, 3.05) is 0 Å². The monoisotopic (exact) mass is 516 g/mol. The molecule has 0 unspecified atom stereocenters. The molecule has 0 radical (unpaired) electrons. The Hall–Kier alpha value is -2.52. The van der Waals surface area contributed by atoms with Gasteiger partial charge in [-0.1, -0.05) is 64.1 Å². The Morgan fingerprint density at radius 2 is 1.65 bits per heavy atom. The molecule has 0 bridgehead atoms. The van der Waals surface area contributed by atoms with Crippen LogP contribution in [-0.4, -0.2) is 68.5 Å². The molecule has 2 aliphatic rings. The molecule has 1 aromatic rings. The number of hydrogen-bond acceptors (Lipinski definition) is 8. The minimum absolute atomic E-state index is 0.162. The summed E-state index contributed by atoms with van der Waals surface area (Å²) < 4.78 is 11.6. The van der Waals surface area contributed by atoms with Gasteiger partial charge in [-0.15, -0.1) is 0 Å². The Morgan fingerprint density at radius 3 is 2.24 bits per heavy atom. The Bertz CT molecular complexity index is 1030. The molecule has 1 fully saturated rings. The summed E-state index contributed by atoms with van der Waals surface area (Å²) in [4.78, 5) is 25.2. The normalized spacial score (nSPS) is 40.2. The van der Waals surface area contributed by atoms with Crippen LogP contribution in [0.5, 0.6) is 0 Å². The molecule has 37 heavy (non-hydrogen) atoms. The quantitative estimate of drug-likeness (QED) is 0.356. The van der Waals surface area contributed by atoms with Gasteiger partial charge in [-0.25, -0.2) is 4.79 Å². The van der Waals surface area contributed by atoms with Crippen molar-refractivity contribution >= 4 is 11.9 Å². The smallest absolute Gasteiger partial charge is 0.338 e. The van der Waals surface area contributed by atoms with E-state index in [-0.39, 0.29) is 12.3 Å². The van der Waals surface area contributed by atoms with Crippen LogP contribution in [0.4, 0.5) is 0 Å². The van der Waals surface area contributed by atoms with E-state index < -0.39 is 65.3 Å². The number of carbonyl (C=O) groups is 2. The van der Waals surface area contributed by atoms with Crippen LogP contribution in [0.3, 0.4) is 0 Å². The molecule has 1 aromatic carbocycles. The lowest BCUT2D eigenvalue weighted by Gasteiger charge is -2.41. The van der Waals surface area contributed by atoms with Crippen molar-refractivity contribution in [1.29, 1.82) is 0 Å². The Morgan fingerprint density at radius 1 is 1.03 bits per heavy atom. The number of fused-ring (bicyclic) bond motifs is 1. The van der Waals surface area contributed by atoms with Crippen LogP contribution in [0.1, 0.15) is 58.3 Å². The van der Waals surface area contributed by atoms with Gasteiger partial charge in [-0.2, -0.15) is 0 Å². The lowest BCUT2D eigenvalue weighted by atomic mass is 9.74. The molecule has 0 heterocycles. The summed E-state index contributed by atoms with van der Waals surface area (Å²) in [6, 6.07) is 8.50. The van der Waals surface area contributed by atoms with Crippen LogP contribution in [0.2, 0.25) is 0 Å². The zero-order valence-corrected chi connectivity index (χ0v) is 22.4. The lowest BCUT2D eigenvalue weighted by Crippen LogP contribution is -2.53. The molecule has 0 aliphatic heterocycles. The molecule has 204 valence electrons. The summed E-state index contributed by atoms with van der Waals surface area (Å²) in [7, 11) is 0. The number of hydrogen-bond donors (Lipinski definition) is 4. The second-order valence-electron chi connectivity index (χ2n) is 11.3. The summed E-state index contributed by atoms with van der Waals surface area (Å²) in [6.45, 7) is 9.93. The molecular weight excluding hydrogens is 476 g/mol. The van der Waals surface area contributed by atoms with Gasteiger partial charge in [0.2, 0.25) is 0 Å². The van der Waals surface area contributed by atoms with E-state index in [0.717, 1.165) is 0 Å². The molecule has 2 aliphatic carbocycles. The van der Waals surface area contributed by atoms with Crippen LogP contribution in [0.15, 0.2) is 54.1 Å². The zero-order valence-electron chi connectivity index (χ0n) is 22.4.